The van der Waals surface area contributed by atoms with Crippen molar-refractivity contribution in [1.29, 1.82) is 5.26 Å². The fraction of sp³-hybridized carbons (Fsp3) is 0.500. The Labute approximate surface area is 125 Å². The van der Waals surface area contributed by atoms with Crippen LogP contribution in [0.5, 0.6) is 5.75 Å². The fourth-order valence-electron chi connectivity index (χ4n) is 2.44. The van der Waals surface area contributed by atoms with Gasteiger partial charge in [0, 0.05) is 13.1 Å². The maximum atomic E-state index is 12.7. The number of hydrogen-bond donors (Lipinski definition) is 1. The van der Waals surface area contributed by atoms with Gasteiger partial charge in [0.15, 0.2) is 0 Å². The SMILES string of the molecule is COc1cc(C#N)ccc1S(=O)(=O)N1CC[C@](C)(CN)C1. The topological polar surface area (TPSA) is 96.4 Å². The molecule has 114 valence electrons. The summed E-state index contributed by atoms with van der Waals surface area (Å²) in [6, 6.07) is 6.30. The van der Waals surface area contributed by atoms with Gasteiger partial charge >= 0.3 is 0 Å². The second kappa shape index (κ2) is 5.64. The van der Waals surface area contributed by atoms with Gasteiger partial charge in [-0.2, -0.15) is 9.57 Å². The van der Waals surface area contributed by atoms with Crippen LogP contribution in [0.4, 0.5) is 0 Å². The predicted molar refractivity (Wildman–Crippen MR) is 78.2 cm³/mol. The molecule has 1 saturated heterocycles. The summed E-state index contributed by atoms with van der Waals surface area (Å²) in [5.74, 6) is 0.190. The van der Waals surface area contributed by atoms with E-state index in [1.165, 1.54) is 29.6 Å². The van der Waals surface area contributed by atoms with E-state index >= 15 is 0 Å². The van der Waals surface area contributed by atoms with Crippen molar-refractivity contribution in [3.63, 3.8) is 0 Å². The Bertz CT molecular complexity index is 681. The van der Waals surface area contributed by atoms with E-state index in [4.69, 9.17) is 15.7 Å². The third-order valence-corrected chi connectivity index (χ3v) is 5.81. The first kappa shape index (κ1) is 15.8. The highest BCUT2D eigenvalue weighted by atomic mass is 32.2. The normalized spacial score (nSPS) is 23.0. The average molecular weight is 309 g/mol. The molecular weight excluding hydrogens is 290 g/mol. The van der Waals surface area contributed by atoms with E-state index in [0.29, 0.717) is 25.2 Å². The molecule has 1 aromatic rings. The lowest BCUT2D eigenvalue weighted by molar-refractivity contribution is 0.348. The molecule has 2 N–H and O–H groups in total. The molecule has 0 aliphatic carbocycles. The van der Waals surface area contributed by atoms with Crippen LogP contribution in [-0.4, -0.2) is 39.5 Å². The highest BCUT2D eigenvalue weighted by Gasteiger charge is 2.39. The van der Waals surface area contributed by atoms with Gasteiger partial charge in [0.1, 0.15) is 10.6 Å². The summed E-state index contributed by atoms with van der Waals surface area (Å²) >= 11 is 0. The number of ether oxygens (including phenoxy) is 1. The molecule has 1 aromatic carbocycles. The minimum Gasteiger partial charge on any atom is -0.495 e. The number of nitrogens with zero attached hydrogens (tertiary/aromatic N) is 2. The molecule has 0 unspecified atom stereocenters. The van der Waals surface area contributed by atoms with Gasteiger partial charge in [-0.3, -0.25) is 0 Å². The molecule has 1 aliphatic rings. The average Bonchev–Trinajstić information content (AvgIpc) is 2.90. The van der Waals surface area contributed by atoms with Crippen LogP contribution in [0.1, 0.15) is 18.9 Å². The van der Waals surface area contributed by atoms with Crippen LogP contribution in [0.15, 0.2) is 23.1 Å². The lowest BCUT2D eigenvalue weighted by Crippen LogP contribution is -2.34. The highest BCUT2D eigenvalue weighted by Crippen LogP contribution is 2.35. The number of nitriles is 1. The molecule has 1 atom stereocenters. The van der Waals surface area contributed by atoms with Crippen LogP contribution in [-0.2, 0) is 10.0 Å². The van der Waals surface area contributed by atoms with Crippen molar-refractivity contribution in [2.75, 3.05) is 26.7 Å². The molecule has 1 heterocycles. The Morgan fingerprint density at radius 2 is 2.24 bits per heavy atom. The Kier molecular flexibility index (Phi) is 4.23. The molecular formula is C14H19N3O3S. The van der Waals surface area contributed by atoms with Gasteiger partial charge in [-0.1, -0.05) is 6.92 Å². The molecule has 1 fully saturated rings. The van der Waals surface area contributed by atoms with Gasteiger partial charge in [-0.25, -0.2) is 8.42 Å². The molecule has 0 bridgehead atoms. The summed E-state index contributed by atoms with van der Waals surface area (Å²) < 4.78 is 32.0. The van der Waals surface area contributed by atoms with E-state index in [0.717, 1.165) is 6.42 Å². The second-order valence-electron chi connectivity index (χ2n) is 5.58. The van der Waals surface area contributed by atoms with E-state index < -0.39 is 10.0 Å². The molecule has 7 heteroatoms. The number of nitrogens with two attached hydrogens (primary N) is 1. The number of rotatable bonds is 4. The first-order valence-electron chi connectivity index (χ1n) is 6.65. The molecule has 21 heavy (non-hydrogen) atoms. The molecule has 6 nitrogen and oxygen atoms in total. The monoisotopic (exact) mass is 309 g/mol. The van der Waals surface area contributed by atoms with E-state index in [1.807, 2.05) is 13.0 Å². The molecule has 0 amide bonds. The first-order valence-corrected chi connectivity index (χ1v) is 8.09. The summed E-state index contributed by atoms with van der Waals surface area (Å²) in [5, 5.41) is 8.88. The maximum Gasteiger partial charge on any atom is 0.246 e. The van der Waals surface area contributed by atoms with Crippen molar-refractivity contribution in [1.82, 2.24) is 4.31 Å². The minimum atomic E-state index is -3.64. The van der Waals surface area contributed by atoms with Crippen LogP contribution in [0.2, 0.25) is 0 Å². The summed E-state index contributed by atoms with van der Waals surface area (Å²) in [6.07, 6.45) is 0.737. The quantitative estimate of drug-likeness (QED) is 0.892. The zero-order valence-electron chi connectivity index (χ0n) is 12.2. The molecule has 0 aromatic heterocycles. The van der Waals surface area contributed by atoms with Gasteiger partial charge < -0.3 is 10.5 Å². The minimum absolute atomic E-state index is 0.0882. The standard InChI is InChI=1S/C14H19N3O3S/c1-14(9-16)5-6-17(10-14)21(18,19)13-4-3-11(8-15)7-12(13)20-2/h3-4,7H,5-6,9-10,16H2,1-2H3/t14-/m1/s1. The van der Waals surface area contributed by atoms with E-state index in [2.05, 4.69) is 0 Å². The molecule has 2 rings (SSSR count). The largest absolute Gasteiger partial charge is 0.495 e. The van der Waals surface area contributed by atoms with Crippen molar-refractivity contribution in [2.24, 2.45) is 11.1 Å². The van der Waals surface area contributed by atoms with Gasteiger partial charge in [-0.15, -0.1) is 0 Å². The van der Waals surface area contributed by atoms with Gasteiger partial charge in [0.25, 0.3) is 0 Å². The van der Waals surface area contributed by atoms with Gasteiger partial charge in [-0.05, 0) is 36.6 Å². The Balaban J connectivity index is 2.40. The maximum absolute atomic E-state index is 12.7. The van der Waals surface area contributed by atoms with Crippen LogP contribution in [0, 0.1) is 16.7 Å². The lowest BCUT2D eigenvalue weighted by Gasteiger charge is -2.23. The molecule has 1 aliphatic heterocycles. The number of hydrogen-bond acceptors (Lipinski definition) is 5. The fourth-order valence-corrected chi connectivity index (χ4v) is 4.17. The zero-order valence-corrected chi connectivity index (χ0v) is 13.0. The number of benzene rings is 1. The Hall–Kier alpha value is -1.62. The van der Waals surface area contributed by atoms with Crippen LogP contribution >= 0.6 is 0 Å². The van der Waals surface area contributed by atoms with Crippen molar-refractivity contribution >= 4 is 10.0 Å². The van der Waals surface area contributed by atoms with E-state index in [1.54, 1.807) is 0 Å². The van der Waals surface area contributed by atoms with Gasteiger partial charge in [0.2, 0.25) is 10.0 Å². The van der Waals surface area contributed by atoms with E-state index in [9.17, 15) is 8.42 Å². The lowest BCUT2D eigenvalue weighted by atomic mass is 9.90. The third kappa shape index (κ3) is 2.88. The smallest absolute Gasteiger partial charge is 0.246 e. The Morgan fingerprint density at radius 1 is 1.52 bits per heavy atom. The van der Waals surface area contributed by atoms with Crippen molar-refractivity contribution in [2.45, 2.75) is 18.2 Å². The first-order chi connectivity index (χ1) is 9.86. The van der Waals surface area contributed by atoms with Crippen LogP contribution in [0.25, 0.3) is 0 Å². The molecule has 0 spiro atoms. The summed E-state index contributed by atoms with van der Waals surface area (Å²) in [4.78, 5) is 0.0882. The van der Waals surface area contributed by atoms with Gasteiger partial charge in [0.05, 0.1) is 18.7 Å². The van der Waals surface area contributed by atoms with Crippen LogP contribution in [0.3, 0.4) is 0 Å². The number of sulfonamides is 1. The summed E-state index contributed by atoms with van der Waals surface area (Å²) in [6.45, 7) is 3.27. The molecule has 0 saturated carbocycles. The van der Waals surface area contributed by atoms with Crippen molar-refractivity contribution in [3.8, 4) is 11.8 Å². The second-order valence-corrected chi connectivity index (χ2v) is 7.49. The predicted octanol–water partition coefficient (Wildman–Crippen LogP) is 0.926. The molecule has 0 radical (unpaired) electrons. The summed E-state index contributed by atoms with van der Waals surface area (Å²) in [5.41, 5.74) is 5.90. The van der Waals surface area contributed by atoms with Crippen molar-refractivity contribution in [3.05, 3.63) is 23.8 Å². The van der Waals surface area contributed by atoms with E-state index in [-0.39, 0.29) is 16.1 Å². The van der Waals surface area contributed by atoms with Crippen molar-refractivity contribution < 1.29 is 13.2 Å². The zero-order chi connectivity index (χ0) is 15.7. The van der Waals surface area contributed by atoms with Crippen LogP contribution < -0.4 is 10.5 Å². The highest BCUT2D eigenvalue weighted by molar-refractivity contribution is 7.89. The third-order valence-electron chi connectivity index (χ3n) is 3.93. The number of methoxy groups -OCH3 is 1. The summed E-state index contributed by atoms with van der Waals surface area (Å²) in [7, 11) is -2.25. The Morgan fingerprint density at radius 3 is 2.76 bits per heavy atom.